The van der Waals surface area contributed by atoms with E-state index in [0.717, 1.165) is 6.42 Å². The number of ketones is 2. The van der Waals surface area contributed by atoms with E-state index in [0.29, 0.717) is 48.0 Å². The van der Waals surface area contributed by atoms with Gasteiger partial charge in [0.15, 0.2) is 11.6 Å². The van der Waals surface area contributed by atoms with Gasteiger partial charge >= 0.3 is 5.97 Å². The fourth-order valence-corrected chi connectivity index (χ4v) is 2.94. The molecule has 4 nitrogen and oxygen atoms in total. The number of Topliss-reactive ketones (excluding diaryl/α,β-unsaturated/α-hetero) is 2. The third kappa shape index (κ3) is 4.15. The summed E-state index contributed by atoms with van der Waals surface area (Å²) in [7, 11) is 0. The first-order valence-corrected chi connectivity index (χ1v) is 8.06. The summed E-state index contributed by atoms with van der Waals surface area (Å²) in [6.07, 6.45) is 3.20. The zero-order valence-electron chi connectivity index (χ0n) is 14.0. The fourth-order valence-electron chi connectivity index (χ4n) is 2.94. The van der Waals surface area contributed by atoms with Crippen molar-refractivity contribution < 1.29 is 19.5 Å². The molecule has 0 heterocycles. The Hall–Kier alpha value is -1.71. The Morgan fingerprint density at radius 1 is 1.00 bits per heavy atom. The van der Waals surface area contributed by atoms with Crippen LogP contribution in [0.5, 0.6) is 0 Å². The molecule has 22 heavy (non-hydrogen) atoms. The van der Waals surface area contributed by atoms with Gasteiger partial charge in [-0.1, -0.05) is 20.8 Å². The zero-order valence-corrected chi connectivity index (χ0v) is 14.0. The van der Waals surface area contributed by atoms with Gasteiger partial charge in [0.1, 0.15) is 0 Å². The van der Waals surface area contributed by atoms with E-state index in [2.05, 4.69) is 0 Å². The van der Waals surface area contributed by atoms with Gasteiger partial charge < -0.3 is 5.11 Å². The minimum atomic E-state index is -0.796. The summed E-state index contributed by atoms with van der Waals surface area (Å²) in [6, 6.07) is 0. The van der Waals surface area contributed by atoms with Crippen LogP contribution >= 0.6 is 0 Å². The molecule has 0 spiro atoms. The smallest absolute Gasteiger partial charge is 0.303 e. The highest BCUT2D eigenvalue weighted by Gasteiger charge is 2.30. The summed E-state index contributed by atoms with van der Waals surface area (Å²) in [6.45, 7) is 7.54. The van der Waals surface area contributed by atoms with Crippen LogP contribution in [-0.4, -0.2) is 22.6 Å². The molecule has 1 aliphatic carbocycles. The number of hydrogen-bond donors (Lipinski definition) is 1. The summed E-state index contributed by atoms with van der Waals surface area (Å²) < 4.78 is 0. The Kier molecular flexibility index (Phi) is 6.72. The monoisotopic (exact) mass is 306 g/mol. The van der Waals surface area contributed by atoms with Crippen molar-refractivity contribution in [3.05, 3.63) is 22.3 Å². The number of hydrogen-bond acceptors (Lipinski definition) is 3. The fraction of sp³-hybridized carbons (Fsp3) is 0.611. The SMILES string of the molecule is CCC1=C(CC)C(=O)C(CCC(C)CCC(=O)O)=C(C)C1=O. The van der Waals surface area contributed by atoms with Gasteiger partial charge in [0, 0.05) is 28.7 Å². The number of carboxylic acids is 1. The molecule has 4 heteroatoms. The summed E-state index contributed by atoms with van der Waals surface area (Å²) in [4.78, 5) is 35.6. The third-order valence-corrected chi connectivity index (χ3v) is 4.43. The molecule has 1 rings (SSSR count). The molecule has 0 amide bonds. The van der Waals surface area contributed by atoms with Crippen LogP contribution in [0, 0.1) is 5.92 Å². The quantitative estimate of drug-likeness (QED) is 0.691. The van der Waals surface area contributed by atoms with Gasteiger partial charge in [-0.15, -0.1) is 0 Å². The highest BCUT2D eigenvalue weighted by atomic mass is 16.4. The van der Waals surface area contributed by atoms with Crippen molar-refractivity contribution >= 4 is 17.5 Å². The number of carboxylic acid groups (broad SMARTS) is 1. The van der Waals surface area contributed by atoms with Gasteiger partial charge in [-0.25, -0.2) is 0 Å². The van der Waals surface area contributed by atoms with E-state index in [-0.39, 0.29) is 23.9 Å². The van der Waals surface area contributed by atoms with Gasteiger partial charge in [-0.05, 0) is 44.9 Å². The van der Waals surface area contributed by atoms with Gasteiger partial charge in [0.2, 0.25) is 0 Å². The summed E-state index contributed by atoms with van der Waals surface area (Å²) in [5, 5.41) is 8.71. The Bertz CT molecular complexity index is 537. The van der Waals surface area contributed by atoms with Crippen molar-refractivity contribution in [2.24, 2.45) is 5.92 Å². The highest BCUT2D eigenvalue weighted by Crippen LogP contribution is 2.31. The molecule has 1 N–H and O–H groups in total. The molecular formula is C18H26O4. The molecular weight excluding hydrogens is 280 g/mol. The largest absolute Gasteiger partial charge is 0.481 e. The minimum Gasteiger partial charge on any atom is -0.481 e. The van der Waals surface area contributed by atoms with Crippen molar-refractivity contribution in [1.29, 1.82) is 0 Å². The van der Waals surface area contributed by atoms with E-state index >= 15 is 0 Å². The maximum Gasteiger partial charge on any atom is 0.303 e. The lowest BCUT2D eigenvalue weighted by molar-refractivity contribution is -0.137. The van der Waals surface area contributed by atoms with E-state index < -0.39 is 5.97 Å². The third-order valence-electron chi connectivity index (χ3n) is 4.43. The van der Waals surface area contributed by atoms with Crippen molar-refractivity contribution in [3.63, 3.8) is 0 Å². The predicted octanol–water partition coefficient (Wildman–Crippen LogP) is 3.85. The topological polar surface area (TPSA) is 71.4 Å². The maximum absolute atomic E-state index is 12.6. The standard InChI is InChI=1S/C18H26O4/c1-5-13-14(6-2)18(22)15(12(4)17(13)21)9-7-11(3)8-10-16(19)20/h11H,5-10H2,1-4H3,(H,19,20). The molecule has 1 unspecified atom stereocenters. The van der Waals surface area contributed by atoms with E-state index in [9.17, 15) is 14.4 Å². The number of carbonyl (C=O) groups is 3. The van der Waals surface area contributed by atoms with Gasteiger partial charge in [0.25, 0.3) is 0 Å². The second-order valence-electron chi connectivity index (χ2n) is 6.00. The lowest BCUT2D eigenvalue weighted by Crippen LogP contribution is -2.23. The van der Waals surface area contributed by atoms with Crippen LogP contribution in [0.3, 0.4) is 0 Å². The van der Waals surface area contributed by atoms with Crippen LogP contribution in [-0.2, 0) is 14.4 Å². The first-order valence-electron chi connectivity index (χ1n) is 8.06. The second kappa shape index (κ2) is 8.06. The van der Waals surface area contributed by atoms with Crippen LogP contribution in [0.15, 0.2) is 22.3 Å². The van der Waals surface area contributed by atoms with E-state index in [4.69, 9.17) is 5.11 Å². The summed E-state index contributed by atoms with van der Waals surface area (Å²) in [5.41, 5.74) is 2.52. The Balaban J connectivity index is 2.82. The lowest BCUT2D eigenvalue weighted by atomic mass is 9.80. The average Bonchev–Trinajstić information content (AvgIpc) is 2.48. The number of allylic oxidation sites excluding steroid dienone is 4. The van der Waals surface area contributed by atoms with Crippen LogP contribution < -0.4 is 0 Å². The average molecular weight is 306 g/mol. The van der Waals surface area contributed by atoms with Crippen molar-refractivity contribution in [2.45, 2.75) is 66.2 Å². The molecule has 1 atom stereocenters. The Morgan fingerprint density at radius 2 is 1.55 bits per heavy atom. The summed E-state index contributed by atoms with van der Waals surface area (Å²) in [5.74, 6) is -0.551. The molecule has 0 fully saturated rings. The molecule has 0 radical (unpaired) electrons. The molecule has 0 saturated heterocycles. The minimum absolute atomic E-state index is 0.00661. The van der Waals surface area contributed by atoms with Crippen LogP contribution in [0.1, 0.15) is 66.2 Å². The second-order valence-corrected chi connectivity index (χ2v) is 6.00. The maximum atomic E-state index is 12.6. The predicted molar refractivity (Wildman–Crippen MR) is 85.6 cm³/mol. The molecule has 0 aromatic heterocycles. The highest BCUT2D eigenvalue weighted by molar-refractivity contribution is 6.24. The van der Waals surface area contributed by atoms with E-state index in [1.54, 1.807) is 6.92 Å². The van der Waals surface area contributed by atoms with E-state index in [1.165, 1.54) is 0 Å². The molecule has 0 saturated carbocycles. The molecule has 1 aliphatic rings. The lowest BCUT2D eigenvalue weighted by Gasteiger charge is -2.22. The number of rotatable bonds is 8. The van der Waals surface area contributed by atoms with Crippen LogP contribution in [0.2, 0.25) is 0 Å². The zero-order chi connectivity index (χ0) is 16.9. The first kappa shape index (κ1) is 18.3. The molecule has 0 aliphatic heterocycles. The van der Waals surface area contributed by atoms with Crippen LogP contribution in [0.25, 0.3) is 0 Å². The molecule has 0 aromatic carbocycles. The number of aliphatic carboxylic acids is 1. The van der Waals surface area contributed by atoms with Gasteiger partial charge in [-0.3, -0.25) is 14.4 Å². The van der Waals surface area contributed by atoms with Crippen molar-refractivity contribution in [2.75, 3.05) is 0 Å². The molecule has 122 valence electrons. The Labute approximate surface area is 132 Å². The van der Waals surface area contributed by atoms with Crippen molar-refractivity contribution in [3.8, 4) is 0 Å². The van der Waals surface area contributed by atoms with Gasteiger partial charge in [0.05, 0.1) is 0 Å². The Morgan fingerprint density at radius 3 is 2.05 bits per heavy atom. The number of carbonyl (C=O) groups excluding carboxylic acids is 2. The first-order chi connectivity index (χ1) is 10.3. The molecule has 0 bridgehead atoms. The van der Waals surface area contributed by atoms with E-state index in [1.807, 2.05) is 20.8 Å². The normalized spacial score (nSPS) is 17.3. The molecule has 0 aromatic rings. The van der Waals surface area contributed by atoms with Crippen molar-refractivity contribution in [1.82, 2.24) is 0 Å². The summed E-state index contributed by atoms with van der Waals surface area (Å²) >= 11 is 0. The van der Waals surface area contributed by atoms with Gasteiger partial charge in [-0.2, -0.15) is 0 Å². The van der Waals surface area contributed by atoms with Crippen LogP contribution in [0.4, 0.5) is 0 Å².